The van der Waals surface area contributed by atoms with Crippen molar-refractivity contribution in [3.63, 3.8) is 0 Å². The van der Waals surface area contributed by atoms with Gasteiger partial charge in [0.25, 0.3) is 0 Å². The highest BCUT2D eigenvalue weighted by molar-refractivity contribution is 5.84. The Morgan fingerprint density at radius 3 is 2.35 bits per heavy atom. The molecular formula is C39H50F4N4O7. The van der Waals surface area contributed by atoms with Crippen LogP contribution in [0.1, 0.15) is 128 Å². The lowest BCUT2D eigenvalue weighted by atomic mass is 9.53. The summed E-state index contributed by atoms with van der Waals surface area (Å²) in [5.74, 6) is -7.99. The summed E-state index contributed by atoms with van der Waals surface area (Å²) in [7, 11) is 0. The summed E-state index contributed by atoms with van der Waals surface area (Å²) in [4.78, 5) is 39.0. The molecule has 1 N–H and O–H groups in total. The van der Waals surface area contributed by atoms with Crippen LogP contribution in [0.2, 0.25) is 0 Å². The van der Waals surface area contributed by atoms with Gasteiger partial charge in [0.05, 0.1) is 5.69 Å². The normalized spacial score (nSPS) is 32.9. The number of carbonyl (C=O) groups excluding carboxylic acids is 2. The molecule has 3 atom stereocenters. The van der Waals surface area contributed by atoms with Crippen LogP contribution in [-0.2, 0) is 29.5 Å². The number of Topliss-reactive ketones (excluding diaryl/α,β-unsaturated/α-hetero) is 1. The summed E-state index contributed by atoms with van der Waals surface area (Å²) < 4.78 is 75.2. The van der Waals surface area contributed by atoms with E-state index < -0.39 is 76.6 Å². The zero-order valence-electron chi connectivity index (χ0n) is 30.8. The predicted octanol–water partition coefficient (Wildman–Crippen LogP) is 7.91. The van der Waals surface area contributed by atoms with Gasteiger partial charge in [0.1, 0.15) is 18.8 Å². The van der Waals surface area contributed by atoms with Gasteiger partial charge < -0.3 is 19.5 Å². The minimum atomic E-state index is -1.72. The summed E-state index contributed by atoms with van der Waals surface area (Å²) in [5.41, 5.74) is 0.0328. The molecule has 2 spiro atoms. The van der Waals surface area contributed by atoms with Gasteiger partial charge in [-0.2, -0.15) is 18.6 Å². The van der Waals surface area contributed by atoms with Gasteiger partial charge in [0, 0.05) is 48.9 Å². The van der Waals surface area contributed by atoms with Crippen molar-refractivity contribution in [3.8, 4) is 5.75 Å². The van der Waals surface area contributed by atoms with Crippen molar-refractivity contribution in [2.45, 2.75) is 145 Å². The fourth-order valence-electron chi connectivity index (χ4n) is 10.6. The van der Waals surface area contributed by atoms with Gasteiger partial charge in [-0.1, -0.05) is 44.2 Å². The fraction of sp³-hybridized carbons (Fsp3) is 0.744. The first-order valence-corrected chi connectivity index (χ1v) is 19.9. The maximum Gasteiger partial charge on any atom is 0.407 e. The van der Waals surface area contributed by atoms with E-state index in [1.54, 1.807) is 6.20 Å². The molecule has 2 aromatic rings. The second kappa shape index (κ2) is 15.0. The molecule has 11 nitrogen and oxygen atoms in total. The Kier molecular flexibility index (Phi) is 10.4. The van der Waals surface area contributed by atoms with Gasteiger partial charge >= 0.3 is 6.09 Å². The molecule has 7 aliphatic rings. The van der Waals surface area contributed by atoms with E-state index in [2.05, 4.69) is 15.6 Å². The number of halogens is 4. The summed E-state index contributed by atoms with van der Waals surface area (Å²) in [5, 5.41) is 11.8. The van der Waals surface area contributed by atoms with Crippen LogP contribution in [0.15, 0.2) is 12.3 Å². The molecule has 1 aliphatic heterocycles. The van der Waals surface area contributed by atoms with Crippen molar-refractivity contribution in [2.75, 3.05) is 13.2 Å². The number of ether oxygens (including phenoxy) is 3. The quantitative estimate of drug-likeness (QED) is 0.131. The molecule has 1 amide bonds. The number of aromatic nitrogens is 3. The highest BCUT2D eigenvalue weighted by Gasteiger charge is 2.67. The third-order valence-electron chi connectivity index (χ3n) is 13.2. The average molecular weight is 763 g/mol. The Morgan fingerprint density at radius 1 is 0.963 bits per heavy atom. The second-order valence-electron chi connectivity index (χ2n) is 16.8. The van der Waals surface area contributed by atoms with E-state index in [1.165, 1.54) is 11.1 Å². The Labute approximate surface area is 312 Å². The van der Waals surface area contributed by atoms with Gasteiger partial charge in [0.2, 0.25) is 23.2 Å². The second-order valence-corrected chi connectivity index (χ2v) is 16.8. The number of amides is 1. The monoisotopic (exact) mass is 762 g/mol. The lowest BCUT2D eigenvalue weighted by Gasteiger charge is -2.57. The molecule has 0 radical (unpaired) electrons. The van der Waals surface area contributed by atoms with E-state index >= 15 is 0 Å². The third kappa shape index (κ3) is 7.01. The Bertz CT molecular complexity index is 1670. The Hall–Kier alpha value is -3.30. The molecular weight excluding hydrogens is 712 g/mol. The lowest BCUT2D eigenvalue weighted by molar-refractivity contribution is -0.390. The molecule has 9 rings (SSSR count). The smallest absolute Gasteiger partial charge is 0.407 e. The number of ketones is 1. The SMILES string of the molecule is CCCCC(C(=O)COc1c(F)c(F)cc(F)c1F)n1cc(C2(CNC(=O)OC3CCCC4(C3)OOC3(O4)C4CC5CC(C4)CC3C5)CCCCC2)nn1. The van der Waals surface area contributed by atoms with Crippen molar-refractivity contribution in [2.24, 2.45) is 23.7 Å². The van der Waals surface area contributed by atoms with Crippen LogP contribution in [0.25, 0.3) is 0 Å². The van der Waals surface area contributed by atoms with E-state index in [1.807, 2.05) is 6.92 Å². The maximum atomic E-state index is 14.2. The van der Waals surface area contributed by atoms with Gasteiger partial charge in [-0.3, -0.25) is 4.79 Å². The van der Waals surface area contributed by atoms with Gasteiger partial charge in [-0.25, -0.2) is 18.3 Å². The van der Waals surface area contributed by atoms with E-state index in [0.29, 0.717) is 49.6 Å². The van der Waals surface area contributed by atoms with Crippen molar-refractivity contribution >= 4 is 11.9 Å². The summed E-state index contributed by atoms with van der Waals surface area (Å²) in [6, 6.07) is -0.831. The Morgan fingerprint density at radius 2 is 1.67 bits per heavy atom. The van der Waals surface area contributed by atoms with Crippen molar-refractivity contribution in [1.29, 1.82) is 0 Å². The molecule has 1 aromatic carbocycles. The number of hydrogen-bond donors (Lipinski definition) is 1. The van der Waals surface area contributed by atoms with Crippen LogP contribution in [0.3, 0.4) is 0 Å². The maximum absolute atomic E-state index is 14.2. The molecule has 4 bridgehead atoms. The minimum Gasteiger partial charge on any atom is -0.479 e. The van der Waals surface area contributed by atoms with Crippen molar-refractivity contribution in [1.82, 2.24) is 20.3 Å². The number of nitrogens with zero attached hydrogens (tertiary/aromatic N) is 3. The van der Waals surface area contributed by atoms with Gasteiger partial charge in [0.15, 0.2) is 23.2 Å². The molecule has 6 aliphatic carbocycles. The Balaban J connectivity index is 0.907. The average Bonchev–Trinajstić information content (AvgIpc) is 3.79. The van der Waals surface area contributed by atoms with Crippen LogP contribution in [0.4, 0.5) is 22.4 Å². The molecule has 3 unspecified atom stereocenters. The molecule has 15 heteroatoms. The number of nitrogens with one attached hydrogen (secondary N) is 1. The predicted molar refractivity (Wildman–Crippen MR) is 183 cm³/mol. The lowest BCUT2D eigenvalue weighted by Crippen LogP contribution is -2.59. The number of unbranched alkanes of at least 4 members (excludes halogenated alkanes) is 1. The van der Waals surface area contributed by atoms with E-state index in [-0.39, 0.29) is 12.6 Å². The summed E-state index contributed by atoms with van der Waals surface area (Å²) >= 11 is 0. The number of hydrogen-bond acceptors (Lipinski definition) is 9. The molecule has 7 fully saturated rings. The van der Waals surface area contributed by atoms with Crippen molar-refractivity contribution < 1.29 is 51.1 Å². The highest BCUT2D eigenvalue weighted by atomic mass is 19.2. The zero-order valence-corrected chi connectivity index (χ0v) is 30.8. The summed E-state index contributed by atoms with van der Waals surface area (Å²) in [6.07, 6.45) is 15.1. The summed E-state index contributed by atoms with van der Waals surface area (Å²) in [6.45, 7) is 1.35. The van der Waals surface area contributed by atoms with Crippen LogP contribution in [-0.4, -0.2) is 57.7 Å². The van der Waals surface area contributed by atoms with Gasteiger partial charge in [-0.15, -0.1) is 5.10 Å². The number of rotatable bonds is 12. The van der Waals surface area contributed by atoms with Crippen LogP contribution in [0, 0.1) is 46.9 Å². The molecule has 296 valence electrons. The standard InChI is InChI=1S/C39H50F4N4O7/c1-2-3-9-30(31(48)21-50-35-33(42)28(40)18-29(41)34(35)43)47-20-32(45-46-47)37(10-5-4-6-11-37)22-44-36(49)51-27-8-7-12-38(19-27)52-39(54-53-38)25-14-23-13-24(16-25)17-26(39)15-23/h18,20,23-27,30H,2-17,19,21-22H2,1H3,(H,44,49). The topological polar surface area (TPSA) is 123 Å². The first-order chi connectivity index (χ1) is 26.0. The first-order valence-electron chi connectivity index (χ1n) is 19.9. The molecule has 6 saturated carbocycles. The zero-order chi connectivity index (χ0) is 37.7. The number of benzene rings is 1. The third-order valence-corrected chi connectivity index (χ3v) is 13.2. The van der Waals surface area contributed by atoms with Gasteiger partial charge in [-0.05, 0) is 76.0 Å². The molecule has 1 saturated heterocycles. The van der Waals surface area contributed by atoms with Crippen molar-refractivity contribution in [3.05, 3.63) is 41.2 Å². The largest absolute Gasteiger partial charge is 0.479 e. The number of carbonyl (C=O) groups is 2. The number of alkyl carbamates (subject to hydrolysis) is 1. The fourth-order valence-corrected chi connectivity index (χ4v) is 10.6. The molecule has 2 heterocycles. The van der Waals surface area contributed by atoms with Crippen LogP contribution in [0.5, 0.6) is 5.75 Å². The molecule has 1 aromatic heterocycles. The van der Waals surface area contributed by atoms with E-state index in [4.69, 9.17) is 24.0 Å². The minimum absolute atomic E-state index is 0.0765. The van der Waals surface area contributed by atoms with E-state index in [0.717, 1.165) is 82.5 Å². The van der Waals surface area contributed by atoms with Crippen LogP contribution >= 0.6 is 0 Å². The van der Waals surface area contributed by atoms with E-state index in [9.17, 15) is 27.2 Å². The van der Waals surface area contributed by atoms with Crippen LogP contribution < -0.4 is 10.1 Å². The first kappa shape index (κ1) is 37.6. The highest BCUT2D eigenvalue weighted by Crippen LogP contribution is 2.63. The molecule has 54 heavy (non-hydrogen) atoms.